The summed E-state index contributed by atoms with van der Waals surface area (Å²) in [5.74, 6) is -0.636. The fraction of sp³-hybridized carbons (Fsp3) is 0.300. The van der Waals surface area contributed by atoms with E-state index in [1.54, 1.807) is 26.8 Å². The van der Waals surface area contributed by atoms with Gasteiger partial charge in [-0.3, -0.25) is 4.79 Å². The largest absolute Gasteiger partial charge is 0.435 e. The Bertz CT molecular complexity index is 1020. The smallest absolute Gasteiger partial charge is 0.387 e. The fourth-order valence-corrected chi connectivity index (χ4v) is 4.18. The van der Waals surface area contributed by atoms with Crippen molar-refractivity contribution in [2.24, 2.45) is 5.10 Å². The summed E-state index contributed by atoms with van der Waals surface area (Å²) >= 11 is 0. The lowest BCUT2D eigenvalue weighted by atomic mass is 10.1. The Morgan fingerprint density at radius 2 is 1.73 bits per heavy atom. The second-order valence-electron chi connectivity index (χ2n) is 6.16. The van der Waals surface area contributed by atoms with Gasteiger partial charge in [-0.05, 0) is 37.3 Å². The number of rotatable bonds is 9. The lowest BCUT2D eigenvalue weighted by Crippen LogP contribution is -2.30. The standard InChI is InChI=1S/C20H23F2N3O4S/c1-4-25(5-2)30(27,28)18-11-7-9-16(13-18)19(26)24-23-14(3)15-8-6-10-17(12-15)29-20(21)22/h6-13,20H,4-5H2,1-3H3,(H,24,26)/b23-14+. The molecule has 0 aromatic heterocycles. The third-order valence-electron chi connectivity index (χ3n) is 4.24. The Labute approximate surface area is 174 Å². The highest BCUT2D eigenvalue weighted by Gasteiger charge is 2.22. The molecule has 0 aliphatic heterocycles. The van der Waals surface area contributed by atoms with Crippen LogP contribution in [-0.2, 0) is 10.0 Å². The number of sulfonamides is 1. The van der Waals surface area contributed by atoms with E-state index in [-0.39, 0.29) is 16.2 Å². The van der Waals surface area contributed by atoms with Gasteiger partial charge in [-0.15, -0.1) is 0 Å². The zero-order chi connectivity index (χ0) is 22.3. The van der Waals surface area contributed by atoms with Gasteiger partial charge < -0.3 is 4.74 Å². The highest BCUT2D eigenvalue weighted by molar-refractivity contribution is 7.89. The zero-order valence-electron chi connectivity index (χ0n) is 16.8. The van der Waals surface area contributed by atoms with Crippen LogP contribution in [0.1, 0.15) is 36.7 Å². The maximum absolute atomic E-state index is 12.6. The Hall–Kier alpha value is -2.85. The molecule has 30 heavy (non-hydrogen) atoms. The molecule has 7 nitrogen and oxygen atoms in total. The van der Waals surface area contributed by atoms with Crippen molar-refractivity contribution in [1.29, 1.82) is 0 Å². The number of nitrogens with one attached hydrogen (secondary N) is 1. The first kappa shape index (κ1) is 23.4. The van der Waals surface area contributed by atoms with E-state index in [9.17, 15) is 22.0 Å². The summed E-state index contributed by atoms with van der Waals surface area (Å²) in [4.78, 5) is 12.4. The number of benzene rings is 2. The maximum atomic E-state index is 12.6. The summed E-state index contributed by atoms with van der Waals surface area (Å²) in [5, 5.41) is 3.96. The Morgan fingerprint density at radius 1 is 1.10 bits per heavy atom. The minimum Gasteiger partial charge on any atom is -0.435 e. The highest BCUT2D eigenvalue weighted by Crippen LogP contribution is 2.18. The van der Waals surface area contributed by atoms with Crippen LogP contribution in [0.25, 0.3) is 0 Å². The average Bonchev–Trinajstić information content (AvgIpc) is 2.72. The van der Waals surface area contributed by atoms with E-state index in [1.165, 1.54) is 46.8 Å². The van der Waals surface area contributed by atoms with Crippen molar-refractivity contribution in [3.8, 4) is 5.75 Å². The molecule has 0 aliphatic rings. The number of carbonyl (C=O) groups excluding carboxylic acids is 1. The molecule has 0 bridgehead atoms. The van der Waals surface area contributed by atoms with Crippen LogP contribution in [0.15, 0.2) is 58.5 Å². The van der Waals surface area contributed by atoms with Gasteiger partial charge in [0.2, 0.25) is 10.0 Å². The van der Waals surface area contributed by atoms with Crippen LogP contribution in [0.2, 0.25) is 0 Å². The monoisotopic (exact) mass is 439 g/mol. The number of halogens is 2. The summed E-state index contributed by atoms with van der Waals surface area (Å²) < 4.78 is 55.6. The van der Waals surface area contributed by atoms with Crippen molar-refractivity contribution in [3.05, 3.63) is 59.7 Å². The lowest BCUT2D eigenvalue weighted by Gasteiger charge is -2.18. The van der Waals surface area contributed by atoms with Gasteiger partial charge in [0, 0.05) is 24.2 Å². The molecule has 0 saturated carbocycles. The van der Waals surface area contributed by atoms with E-state index < -0.39 is 22.5 Å². The van der Waals surface area contributed by atoms with Crippen molar-refractivity contribution in [1.82, 2.24) is 9.73 Å². The molecule has 0 atom stereocenters. The molecular weight excluding hydrogens is 416 g/mol. The van der Waals surface area contributed by atoms with Gasteiger partial charge in [0.1, 0.15) is 5.75 Å². The van der Waals surface area contributed by atoms with Gasteiger partial charge in [-0.2, -0.15) is 18.2 Å². The molecule has 0 spiro atoms. The first-order valence-electron chi connectivity index (χ1n) is 9.19. The molecule has 2 rings (SSSR count). The van der Waals surface area contributed by atoms with Gasteiger partial charge >= 0.3 is 6.61 Å². The lowest BCUT2D eigenvalue weighted by molar-refractivity contribution is -0.0498. The summed E-state index contributed by atoms with van der Waals surface area (Å²) in [7, 11) is -3.70. The van der Waals surface area contributed by atoms with Gasteiger partial charge in [0.15, 0.2) is 0 Å². The van der Waals surface area contributed by atoms with Crippen molar-refractivity contribution >= 4 is 21.6 Å². The molecule has 1 amide bonds. The summed E-state index contributed by atoms with van der Waals surface area (Å²) in [6.45, 7) is 2.73. The van der Waals surface area contributed by atoms with E-state index >= 15 is 0 Å². The van der Waals surface area contributed by atoms with Crippen molar-refractivity contribution in [2.45, 2.75) is 32.3 Å². The van der Waals surface area contributed by atoms with E-state index in [0.29, 0.717) is 24.4 Å². The van der Waals surface area contributed by atoms with Crippen molar-refractivity contribution < 1.29 is 26.7 Å². The number of carbonyl (C=O) groups is 1. The van der Waals surface area contributed by atoms with Crippen LogP contribution >= 0.6 is 0 Å². The maximum Gasteiger partial charge on any atom is 0.387 e. The second kappa shape index (κ2) is 10.3. The topological polar surface area (TPSA) is 88.1 Å². The van der Waals surface area contributed by atoms with Gasteiger partial charge in [-0.1, -0.05) is 32.0 Å². The number of alkyl halides is 2. The summed E-state index contributed by atoms with van der Waals surface area (Å²) in [6, 6.07) is 11.6. The molecule has 0 aliphatic carbocycles. The molecule has 2 aromatic rings. The number of hydrogen-bond acceptors (Lipinski definition) is 5. The Balaban J connectivity index is 2.19. The van der Waals surface area contributed by atoms with Gasteiger partial charge in [-0.25, -0.2) is 13.8 Å². The molecule has 0 fully saturated rings. The first-order chi connectivity index (χ1) is 14.2. The molecular formula is C20H23F2N3O4S. The van der Waals surface area contributed by atoms with Crippen LogP contribution in [0.4, 0.5) is 8.78 Å². The molecule has 162 valence electrons. The third-order valence-corrected chi connectivity index (χ3v) is 6.29. The number of ether oxygens (including phenoxy) is 1. The van der Waals surface area contributed by atoms with Crippen LogP contribution < -0.4 is 10.2 Å². The third kappa shape index (κ3) is 5.83. The number of amides is 1. The predicted octanol–water partition coefficient (Wildman–Crippen LogP) is 3.47. The van der Waals surface area contributed by atoms with Crippen LogP contribution in [0.3, 0.4) is 0 Å². The van der Waals surface area contributed by atoms with E-state index in [0.717, 1.165) is 0 Å². The van der Waals surface area contributed by atoms with Gasteiger partial charge in [0.25, 0.3) is 5.91 Å². The number of nitrogens with zero attached hydrogens (tertiary/aromatic N) is 2. The van der Waals surface area contributed by atoms with Crippen molar-refractivity contribution in [2.75, 3.05) is 13.1 Å². The fourth-order valence-electron chi connectivity index (χ4n) is 2.67. The molecule has 0 heterocycles. The average molecular weight is 439 g/mol. The second-order valence-corrected chi connectivity index (χ2v) is 8.10. The van der Waals surface area contributed by atoms with Crippen molar-refractivity contribution in [3.63, 3.8) is 0 Å². The molecule has 0 saturated heterocycles. The number of hydrazone groups is 1. The van der Waals surface area contributed by atoms with Crippen LogP contribution in [0.5, 0.6) is 5.75 Å². The normalized spacial score (nSPS) is 12.3. The quantitative estimate of drug-likeness (QED) is 0.479. The van der Waals surface area contributed by atoms with E-state index in [2.05, 4.69) is 15.3 Å². The van der Waals surface area contributed by atoms with Gasteiger partial charge in [0.05, 0.1) is 10.6 Å². The molecule has 0 unspecified atom stereocenters. The van der Waals surface area contributed by atoms with Crippen LogP contribution in [0, 0.1) is 0 Å². The highest BCUT2D eigenvalue weighted by atomic mass is 32.2. The minimum absolute atomic E-state index is 0.0106. The predicted molar refractivity (Wildman–Crippen MR) is 109 cm³/mol. The number of hydrogen-bond donors (Lipinski definition) is 1. The minimum atomic E-state index is -3.70. The van der Waals surface area contributed by atoms with E-state index in [1.807, 2.05) is 0 Å². The summed E-state index contributed by atoms with van der Waals surface area (Å²) in [6.07, 6.45) is 0. The molecule has 10 heteroatoms. The first-order valence-corrected chi connectivity index (χ1v) is 10.6. The van der Waals surface area contributed by atoms with Crippen LogP contribution in [-0.4, -0.2) is 44.0 Å². The Morgan fingerprint density at radius 3 is 2.37 bits per heavy atom. The SMILES string of the molecule is CCN(CC)S(=O)(=O)c1cccc(C(=O)N/N=C(\C)c2cccc(OC(F)F)c2)c1. The summed E-state index contributed by atoms with van der Waals surface area (Å²) in [5.41, 5.74) is 3.30. The molecule has 1 N–H and O–H groups in total. The molecule has 2 aromatic carbocycles. The Kier molecular flexibility index (Phi) is 8.01. The molecule has 0 radical (unpaired) electrons. The van der Waals surface area contributed by atoms with E-state index in [4.69, 9.17) is 0 Å². The zero-order valence-corrected chi connectivity index (χ0v) is 17.6.